The summed E-state index contributed by atoms with van der Waals surface area (Å²) < 4.78 is 6.86. The molecule has 23 heavy (non-hydrogen) atoms. The van der Waals surface area contributed by atoms with E-state index in [0.717, 1.165) is 10.1 Å². The van der Waals surface area contributed by atoms with Crippen LogP contribution in [0.1, 0.15) is 21.8 Å². The number of aromatic nitrogens is 4. The molecule has 0 aliphatic heterocycles. The number of anilines is 1. The van der Waals surface area contributed by atoms with Crippen LogP contribution in [0, 0.1) is 13.8 Å². The van der Waals surface area contributed by atoms with Crippen LogP contribution in [0.3, 0.4) is 0 Å². The molecule has 1 aromatic carbocycles. The lowest BCUT2D eigenvalue weighted by Gasteiger charge is -2.06. The van der Waals surface area contributed by atoms with E-state index >= 15 is 0 Å². The molecule has 2 heterocycles. The van der Waals surface area contributed by atoms with E-state index in [1.54, 1.807) is 20.2 Å². The predicted molar refractivity (Wildman–Crippen MR) is 85.5 cm³/mol. The van der Waals surface area contributed by atoms with Gasteiger partial charge in [-0.25, -0.2) is 0 Å². The highest BCUT2D eigenvalue weighted by atomic mass is 32.2. The van der Waals surface area contributed by atoms with E-state index in [9.17, 15) is 4.79 Å². The fourth-order valence-electron chi connectivity index (χ4n) is 2.08. The second kappa shape index (κ2) is 6.25. The van der Waals surface area contributed by atoms with Crippen molar-refractivity contribution in [3.05, 3.63) is 47.6 Å². The van der Waals surface area contributed by atoms with Crippen molar-refractivity contribution < 1.29 is 9.32 Å². The highest BCUT2D eigenvalue weighted by Gasteiger charge is 2.17. The topological polar surface area (TPSA) is 85.8 Å². The van der Waals surface area contributed by atoms with Crippen molar-refractivity contribution in [3.63, 3.8) is 0 Å². The number of amides is 1. The average molecular weight is 329 g/mol. The highest BCUT2D eigenvalue weighted by Crippen LogP contribution is 2.26. The zero-order valence-corrected chi connectivity index (χ0v) is 13.7. The minimum absolute atomic E-state index is 0.227. The molecule has 0 unspecified atom stereocenters. The SMILES string of the molecule is Cc1noc(C)c1C(=O)Nc1ccc(Sc2nncn2C)cc1. The second-order valence-electron chi connectivity index (χ2n) is 5.00. The second-order valence-corrected chi connectivity index (χ2v) is 6.04. The maximum Gasteiger partial charge on any atom is 0.261 e. The van der Waals surface area contributed by atoms with E-state index in [2.05, 4.69) is 20.7 Å². The fourth-order valence-corrected chi connectivity index (χ4v) is 2.84. The van der Waals surface area contributed by atoms with E-state index in [1.165, 1.54) is 11.8 Å². The molecule has 1 N–H and O–H groups in total. The van der Waals surface area contributed by atoms with Gasteiger partial charge in [-0.3, -0.25) is 4.79 Å². The van der Waals surface area contributed by atoms with E-state index in [0.29, 0.717) is 22.7 Å². The first-order valence-electron chi connectivity index (χ1n) is 6.90. The van der Waals surface area contributed by atoms with Crippen molar-refractivity contribution in [3.8, 4) is 0 Å². The van der Waals surface area contributed by atoms with Crippen LogP contribution in [0.15, 0.2) is 45.2 Å². The molecule has 8 heteroatoms. The summed E-state index contributed by atoms with van der Waals surface area (Å²) in [6.07, 6.45) is 1.65. The Morgan fingerprint density at radius 3 is 2.57 bits per heavy atom. The summed E-state index contributed by atoms with van der Waals surface area (Å²) in [7, 11) is 1.89. The van der Waals surface area contributed by atoms with E-state index in [-0.39, 0.29) is 5.91 Å². The minimum atomic E-state index is -0.227. The molecular weight excluding hydrogens is 314 g/mol. The first-order valence-corrected chi connectivity index (χ1v) is 7.72. The van der Waals surface area contributed by atoms with Crippen LogP contribution in [-0.4, -0.2) is 25.8 Å². The molecule has 0 saturated carbocycles. The molecule has 3 aromatic rings. The van der Waals surface area contributed by atoms with Gasteiger partial charge in [0.1, 0.15) is 17.7 Å². The lowest BCUT2D eigenvalue weighted by Crippen LogP contribution is -2.13. The summed E-state index contributed by atoms with van der Waals surface area (Å²) >= 11 is 1.50. The predicted octanol–water partition coefficient (Wildman–Crippen LogP) is 2.82. The normalized spacial score (nSPS) is 10.7. The largest absolute Gasteiger partial charge is 0.361 e. The van der Waals surface area contributed by atoms with Gasteiger partial charge in [-0.05, 0) is 49.9 Å². The van der Waals surface area contributed by atoms with Crippen LogP contribution in [-0.2, 0) is 7.05 Å². The van der Waals surface area contributed by atoms with E-state index in [4.69, 9.17) is 4.52 Å². The summed E-state index contributed by atoms with van der Waals surface area (Å²) in [6, 6.07) is 7.52. The lowest BCUT2D eigenvalue weighted by molar-refractivity contribution is 0.102. The fraction of sp³-hybridized carbons (Fsp3) is 0.200. The van der Waals surface area contributed by atoms with Crippen molar-refractivity contribution in [2.24, 2.45) is 7.05 Å². The minimum Gasteiger partial charge on any atom is -0.361 e. The zero-order chi connectivity index (χ0) is 16.4. The molecule has 0 aliphatic carbocycles. The number of benzene rings is 1. The van der Waals surface area contributed by atoms with Crippen LogP contribution in [0.4, 0.5) is 5.69 Å². The third-order valence-corrected chi connectivity index (χ3v) is 4.31. The smallest absolute Gasteiger partial charge is 0.261 e. The zero-order valence-electron chi connectivity index (χ0n) is 12.9. The van der Waals surface area contributed by atoms with Crippen molar-refractivity contribution in [1.29, 1.82) is 0 Å². The summed E-state index contributed by atoms with van der Waals surface area (Å²) in [6.45, 7) is 3.46. The summed E-state index contributed by atoms with van der Waals surface area (Å²) in [5.41, 5.74) is 1.76. The van der Waals surface area contributed by atoms with Gasteiger partial charge in [-0.2, -0.15) is 0 Å². The Morgan fingerprint density at radius 2 is 2.00 bits per heavy atom. The molecule has 0 spiro atoms. The van der Waals surface area contributed by atoms with E-state index in [1.807, 2.05) is 35.9 Å². The number of carbonyl (C=O) groups excluding carboxylic acids is 1. The molecule has 118 valence electrons. The first kappa shape index (κ1) is 15.3. The number of rotatable bonds is 4. The van der Waals surface area contributed by atoms with Crippen LogP contribution in [0.2, 0.25) is 0 Å². The molecule has 0 aliphatic rings. The van der Waals surface area contributed by atoms with Gasteiger partial charge in [0.25, 0.3) is 5.91 Å². The van der Waals surface area contributed by atoms with Gasteiger partial charge in [0, 0.05) is 17.6 Å². The number of hydrogen-bond donors (Lipinski definition) is 1. The maximum absolute atomic E-state index is 12.3. The van der Waals surface area contributed by atoms with Gasteiger partial charge in [0.15, 0.2) is 5.16 Å². The van der Waals surface area contributed by atoms with Crippen molar-refractivity contribution >= 4 is 23.4 Å². The number of hydrogen-bond acceptors (Lipinski definition) is 6. The Kier molecular flexibility index (Phi) is 4.16. The molecular formula is C15H15N5O2S. The number of carbonyl (C=O) groups is 1. The van der Waals surface area contributed by atoms with Gasteiger partial charge >= 0.3 is 0 Å². The standard InChI is InChI=1S/C15H15N5O2S/c1-9-13(10(2)22-19-9)14(21)17-11-4-6-12(7-5-11)23-15-18-16-8-20(15)3/h4-8H,1-3H3,(H,17,21). The molecule has 7 nitrogen and oxygen atoms in total. The molecule has 0 radical (unpaired) electrons. The van der Waals surface area contributed by atoms with Gasteiger partial charge in [0.05, 0.1) is 5.69 Å². The van der Waals surface area contributed by atoms with Crippen LogP contribution in [0.25, 0.3) is 0 Å². The van der Waals surface area contributed by atoms with Crippen LogP contribution >= 0.6 is 11.8 Å². The number of nitrogens with zero attached hydrogens (tertiary/aromatic N) is 4. The molecule has 3 rings (SSSR count). The lowest BCUT2D eigenvalue weighted by atomic mass is 10.2. The molecule has 1 amide bonds. The molecule has 2 aromatic heterocycles. The molecule has 0 bridgehead atoms. The number of aryl methyl sites for hydroxylation is 3. The Balaban J connectivity index is 1.70. The quantitative estimate of drug-likeness (QED) is 0.792. The van der Waals surface area contributed by atoms with E-state index < -0.39 is 0 Å². The van der Waals surface area contributed by atoms with Gasteiger partial charge in [-0.15, -0.1) is 10.2 Å². The van der Waals surface area contributed by atoms with Gasteiger partial charge < -0.3 is 14.4 Å². The molecule has 0 saturated heterocycles. The Morgan fingerprint density at radius 1 is 1.26 bits per heavy atom. The highest BCUT2D eigenvalue weighted by molar-refractivity contribution is 7.99. The molecule has 0 atom stereocenters. The van der Waals surface area contributed by atoms with Gasteiger partial charge in [-0.1, -0.05) is 5.16 Å². The van der Waals surface area contributed by atoms with Crippen molar-refractivity contribution in [2.75, 3.05) is 5.32 Å². The summed E-state index contributed by atoms with van der Waals surface area (Å²) in [5.74, 6) is 0.282. The summed E-state index contributed by atoms with van der Waals surface area (Å²) in [4.78, 5) is 13.3. The number of nitrogens with one attached hydrogen (secondary N) is 1. The van der Waals surface area contributed by atoms with Crippen molar-refractivity contribution in [2.45, 2.75) is 23.9 Å². The van der Waals surface area contributed by atoms with Crippen LogP contribution < -0.4 is 5.32 Å². The Labute approximate surface area is 137 Å². The Bertz CT molecular complexity index is 818. The monoisotopic (exact) mass is 329 g/mol. The third-order valence-electron chi connectivity index (χ3n) is 3.25. The summed E-state index contributed by atoms with van der Waals surface area (Å²) in [5, 5.41) is 15.3. The molecule has 0 fully saturated rings. The maximum atomic E-state index is 12.3. The Hall–Kier alpha value is -2.61. The first-order chi connectivity index (χ1) is 11.0. The van der Waals surface area contributed by atoms with Crippen molar-refractivity contribution in [1.82, 2.24) is 19.9 Å². The van der Waals surface area contributed by atoms with Crippen LogP contribution in [0.5, 0.6) is 0 Å². The van der Waals surface area contributed by atoms with Gasteiger partial charge in [0.2, 0.25) is 0 Å². The average Bonchev–Trinajstić information content (AvgIpc) is 3.07. The third kappa shape index (κ3) is 3.26.